The van der Waals surface area contributed by atoms with Crippen LogP contribution in [-0.2, 0) is 10.6 Å². The van der Waals surface area contributed by atoms with Gasteiger partial charge in [0.15, 0.2) is 11.5 Å². The van der Waals surface area contributed by atoms with Gasteiger partial charge in [-0.3, -0.25) is 0 Å². The van der Waals surface area contributed by atoms with Gasteiger partial charge in [-0.25, -0.2) is 0 Å². The van der Waals surface area contributed by atoms with E-state index in [1.165, 1.54) is 0 Å². The second kappa shape index (κ2) is 6.64. The van der Waals surface area contributed by atoms with Gasteiger partial charge in [0, 0.05) is 12.3 Å². The van der Waals surface area contributed by atoms with E-state index in [0.29, 0.717) is 19.1 Å². The Hall–Kier alpha value is -0.450. The number of hydrogen-bond acceptors (Lipinski definition) is 3. The van der Waals surface area contributed by atoms with E-state index >= 15 is 0 Å². The van der Waals surface area contributed by atoms with E-state index < -0.39 is 0 Å². The van der Waals surface area contributed by atoms with Gasteiger partial charge in [0.1, 0.15) is 6.10 Å². The lowest BCUT2D eigenvalue weighted by Crippen LogP contribution is -2.16. The lowest BCUT2D eigenvalue weighted by Gasteiger charge is -2.18. The average Bonchev–Trinajstić information content (AvgIpc) is 2.86. The van der Waals surface area contributed by atoms with E-state index in [-0.39, 0.29) is 6.10 Å². The maximum absolute atomic E-state index is 5.95. The van der Waals surface area contributed by atoms with E-state index in [9.17, 15) is 0 Å². The molecule has 0 saturated carbocycles. The van der Waals surface area contributed by atoms with Crippen LogP contribution < -0.4 is 9.47 Å². The van der Waals surface area contributed by atoms with Crippen molar-refractivity contribution in [2.45, 2.75) is 25.3 Å². The standard InChI is InChI=1S/C13H16BrClO3/c1-2-17-12-6-9(7-15)5-11(14)13(12)18-10-3-4-16-8-10/h5-6,10H,2-4,7-8H2,1H3. The largest absolute Gasteiger partial charge is 0.490 e. The molecule has 0 radical (unpaired) electrons. The first-order valence-corrected chi connectivity index (χ1v) is 7.33. The molecule has 2 rings (SSSR count). The molecule has 1 saturated heterocycles. The highest BCUT2D eigenvalue weighted by molar-refractivity contribution is 9.10. The molecule has 100 valence electrons. The third-order valence-electron chi connectivity index (χ3n) is 2.70. The molecule has 1 fully saturated rings. The van der Waals surface area contributed by atoms with Crippen molar-refractivity contribution in [3.8, 4) is 11.5 Å². The fourth-order valence-electron chi connectivity index (χ4n) is 1.85. The van der Waals surface area contributed by atoms with Crippen molar-refractivity contribution in [1.82, 2.24) is 0 Å². The SMILES string of the molecule is CCOc1cc(CCl)cc(Br)c1OC1CCOC1. The molecule has 5 heteroatoms. The highest BCUT2D eigenvalue weighted by atomic mass is 79.9. The minimum atomic E-state index is 0.0994. The van der Waals surface area contributed by atoms with Crippen LogP contribution in [0.25, 0.3) is 0 Å². The number of alkyl halides is 1. The summed E-state index contributed by atoms with van der Waals surface area (Å²) in [6, 6.07) is 3.88. The van der Waals surface area contributed by atoms with Crippen LogP contribution in [-0.4, -0.2) is 25.9 Å². The number of ether oxygens (including phenoxy) is 3. The highest BCUT2D eigenvalue weighted by Crippen LogP contribution is 2.38. The van der Waals surface area contributed by atoms with Gasteiger partial charge in [0.05, 0.1) is 24.3 Å². The van der Waals surface area contributed by atoms with Gasteiger partial charge in [0.25, 0.3) is 0 Å². The summed E-state index contributed by atoms with van der Waals surface area (Å²) in [6.45, 7) is 3.93. The predicted octanol–water partition coefficient (Wildman–Crippen LogP) is 3.75. The molecule has 1 aliphatic heterocycles. The Morgan fingerprint density at radius 3 is 2.94 bits per heavy atom. The fraction of sp³-hybridized carbons (Fsp3) is 0.538. The number of rotatable bonds is 5. The van der Waals surface area contributed by atoms with Crippen LogP contribution in [0.15, 0.2) is 16.6 Å². The lowest BCUT2D eigenvalue weighted by atomic mass is 10.2. The molecule has 0 amide bonds. The van der Waals surface area contributed by atoms with Gasteiger partial charge in [-0.2, -0.15) is 0 Å². The summed E-state index contributed by atoms with van der Waals surface area (Å²) in [7, 11) is 0. The average molecular weight is 336 g/mol. The van der Waals surface area contributed by atoms with E-state index in [0.717, 1.165) is 34.6 Å². The summed E-state index contributed by atoms with van der Waals surface area (Å²) in [6.07, 6.45) is 1.01. The third-order valence-corrected chi connectivity index (χ3v) is 3.59. The number of halogens is 2. The quantitative estimate of drug-likeness (QED) is 0.767. The summed E-state index contributed by atoms with van der Waals surface area (Å²) in [5.74, 6) is 1.92. The molecule has 1 unspecified atom stereocenters. The van der Waals surface area contributed by atoms with Crippen molar-refractivity contribution in [2.24, 2.45) is 0 Å². The summed E-state index contributed by atoms with van der Waals surface area (Å²) < 4.78 is 17.7. The van der Waals surface area contributed by atoms with Crippen molar-refractivity contribution in [3.63, 3.8) is 0 Å². The van der Waals surface area contributed by atoms with Crippen LogP contribution >= 0.6 is 27.5 Å². The monoisotopic (exact) mass is 334 g/mol. The molecule has 1 atom stereocenters. The highest BCUT2D eigenvalue weighted by Gasteiger charge is 2.21. The Labute approximate surface area is 120 Å². The smallest absolute Gasteiger partial charge is 0.175 e. The normalized spacial score (nSPS) is 18.9. The van der Waals surface area contributed by atoms with Crippen molar-refractivity contribution in [2.75, 3.05) is 19.8 Å². The first kappa shape index (κ1) is 14.0. The van der Waals surface area contributed by atoms with Gasteiger partial charge in [-0.1, -0.05) is 0 Å². The Morgan fingerprint density at radius 2 is 2.33 bits per heavy atom. The van der Waals surface area contributed by atoms with Crippen LogP contribution in [0.2, 0.25) is 0 Å². The number of hydrogen-bond donors (Lipinski definition) is 0. The first-order valence-electron chi connectivity index (χ1n) is 6.00. The van der Waals surface area contributed by atoms with E-state index in [1.807, 2.05) is 19.1 Å². The summed E-state index contributed by atoms with van der Waals surface area (Å²) in [5.41, 5.74) is 1.00. The predicted molar refractivity (Wildman–Crippen MR) is 74.7 cm³/mol. The molecular weight excluding hydrogens is 319 g/mol. The minimum Gasteiger partial charge on any atom is -0.490 e. The van der Waals surface area contributed by atoms with Crippen LogP contribution in [0.3, 0.4) is 0 Å². The molecule has 1 aromatic carbocycles. The summed E-state index contributed by atoms with van der Waals surface area (Å²) in [5, 5.41) is 0. The molecule has 3 nitrogen and oxygen atoms in total. The second-order valence-corrected chi connectivity index (χ2v) is 5.20. The Bertz CT molecular complexity index is 405. The van der Waals surface area contributed by atoms with Crippen LogP contribution in [0, 0.1) is 0 Å². The molecule has 0 bridgehead atoms. The first-order chi connectivity index (χ1) is 8.74. The lowest BCUT2D eigenvalue weighted by molar-refractivity contribution is 0.137. The van der Waals surface area contributed by atoms with Gasteiger partial charge >= 0.3 is 0 Å². The van der Waals surface area contributed by atoms with Gasteiger partial charge in [-0.05, 0) is 40.5 Å². The van der Waals surface area contributed by atoms with E-state index in [1.54, 1.807) is 0 Å². The maximum atomic E-state index is 5.95. The molecule has 1 aromatic rings. The number of benzene rings is 1. The Kier molecular flexibility index (Phi) is 5.15. The zero-order valence-electron chi connectivity index (χ0n) is 10.2. The molecule has 1 heterocycles. The minimum absolute atomic E-state index is 0.0994. The van der Waals surface area contributed by atoms with Crippen molar-refractivity contribution in [1.29, 1.82) is 0 Å². The van der Waals surface area contributed by atoms with Gasteiger partial charge in [0.2, 0.25) is 0 Å². The van der Waals surface area contributed by atoms with Crippen LogP contribution in [0.1, 0.15) is 18.9 Å². The van der Waals surface area contributed by atoms with Crippen LogP contribution in [0.5, 0.6) is 11.5 Å². The molecule has 18 heavy (non-hydrogen) atoms. The van der Waals surface area contributed by atoms with E-state index in [4.69, 9.17) is 25.8 Å². The molecule has 1 aliphatic rings. The maximum Gasteiger partial charge on any atom is 0.175 e. The molecule has 0 aliphatic carbocycles. The molecule has 0 spiro atoms. The zero-order chi connectivity index (χ0) is 13.0. The van der Waals surface area contributed by atoms with E-state index in [2.05, 4.69) is 15.9 Å². The topological polar surface area (TPSA) is 27.7 Å². The summed E-state index contributed by atoms with van der Waals surface area (Å²) >= 11 is 9.37. The Balaban J connectivity index is 2.24. The van der Waals surface area contributed by atoms with Gasteiger partial charge < -0.3 is 14.2 Å². The molecular formula is C13H16BrClO3. The van der Waals surface area contributed by atoms with Crippen molar-refractivity contribution < 1.29 is 14.2 Å². The zero-order valence-corrected chi connectivity index (χ0v) is 12.6. The molecule has 0 aromatic heterocycles. The third kappa shape index (κ3) is 3.31. The second-order valence-electron chi connectivity index (χ2n) is 4.07. The summed E-state index contributed by atoms with van der Waals surface area (Å²) in [4.78, 5) is 0. The van der Waals surface area contributed by atoms with Gasteiger partial charge in [-0.15, -0.1) is 11.6 Å². The molecule has 0 N–H and O–H groups in total. The fourth-order valence-corrected chi connectivity index (χ4v) is 2.59. The van der Waals surface area contributed by atoms with Crippen molar-refractivity contribution in [3.05, 3.63) is 22.2 Å². The van der Waals surface area contributed by atoms with Crippen molar-refractivity contribution >= 4 is 27.5 Å². The Morgan fingerprint density at radius 1 is 1.50 bits per heavy atom. The van der Waals surface area contributed by atoms with Crippen LogP contribution in [0.4, 0.5) is 0 Å².